The molecular weight excluding hydrogens is 377 g/mol. The van der Waals surface area contributed by atoms with Crippen LogP contribution in [0.1, 0.15) is 24.0 Å². The van der Waals surface area contributed by atoms with Crippen molar-refractivity contribution < 1.29 is 0 Å². The van der Waals surface area contributed by atoms with Gasteiger partial charge in [-0.25, -0.2) is 4.99 Å². The van der Waals surface area contributed by atoms with Crippen LogP contribution >= 0.6 is 24.0 Å². The number of aliphatic imine (C=N–C) groups is 1. The van der Waals surface area contributed by atoms with Gasteiger partial charge in [0.15, 0.2) is 5.96 Å². The third kappa shape index (κ3) is 5.04. The Bertz CT molecular complexity index is 590. The van der Waals surface area contributed by atoms with Crippen molar-refractivity contribution in [2.45, 2.75) is 32.0 Å². The maximum atomic E-state index is 5.83. The first-order valence-electron chi connectivity index (χ1n) is 6.91. The van der Waals surface area contributed by atoms with Gasteiger partial charge in [0.25, 0.3) is 0 Å². The lowest BCUT2D eigenvalue weighted by atomic mass is 10.1. The van der Waals surface area contributed by atoms with Crippen molar-refractivity contribution in [3.8, 4) is 0 Å². The van der Waals surface area contributed by atoms with E-state index in [1.807, 2.05) is 23.0 Å². The van der Waals surface area contributed by atoms with Crippen molar-refractivity contribution in [2.24, 2.45) is 10.7 Å². The first-order chi connectivity index (χ1) is 9.79. The van der Waals surface area contributed by atoms with E-state index in [4.69, 9.17) is 5.73 Å². The molecule has 21 heavy (non-hydrogen) atoms. The zero-order valence-corrected chi connectivity index (χ0v) is 14.1. The normalized spacial score (nSPS) is 14.6. The van der Waals surface area contributed by atoms with Crippen molar-refractivity contribution in [1.29, 1.82) is 0 Å². The van der Waals surface area contributed by atoms with E-state index in [0.29, 0.717) is 18.5 Å². The number of rotatable bonds is 5. The molecule has 3 rings (SSSR count). The highest BCUT2D eigenvalue weighted by molar-refractivity contribution is 14.0. The third-order valence-electron chi connectivity index (χ3n) is 3.26. The van der Waals surface area contributed by atoms with Crippen LogP contribution in [0.4, 0.5) is 0 Å². The molecular formula is C15H20IN5. The standard InChI is InChI=1S/C15H19N5.HI/c16-15(19-14-5-6-14)17-10-12-3-1-4-13(9-12)11-20-8-2-7-18-20;/h1-4,7-9,14H,5-6,10-11H2,(H3,16,17,19);1H. The van der Waals surface area contributed by atoms with Crippen LogP contribution in [0.15, 0.2) is 47.7 Å². The largest absolute Gasteiger partial charge is 0.370 e. The number of guanidine groups is 1. The average Bonchev–Trinajstić information content (AvgIpc) is 3.11. The van der Waals surface area contributed by atoms with E-state index in [1.165, 1.54) is 18.4 Å². The van der Waals surface area contributed by atoms with Crippen molar-refractivity contribution in [3.63, 3.8) is 0 Å². The van der Waals surface area contributed by atoms with Crippen LogP contribution in [-0.4, -0.2) is 21.8 Å². The fraction of sp³-hybridized carbons (Fsp3) is 0.333. The van der Waals surface area contributed by atoms with E-state index in [9.17, 15) is 0 Å². The van der Waals surface area contributed by atoms with Crippen LogP contribution in [-0.2, 0) is 13.1 Å². The van der Waals surface area contributed by atoms with Crippen molar-refractivity contribution in [2.75, 3.05) is 0 Å². The lowest BCUT2D eigenvalue weighted by Gasteiger charge is -2.06. The molecule has 6 heteroatoms. The Morgan fingerprint density at radius 2 is 2.14 bits per heavy atom. The van der Waals surface area contributed by atoms with Gasteiger partial charge in [-0.3, -0.25) is 4.68 Å². The predicted molar refractivity (Wildman–Crippen MR) is 94.7 cm³/mol. The molecule has 112 valence electrons. The van der Waals surface area contributed by atoms with Crippen LogP contribution in [0.3, 0.4) is 0 Å². The molecule has 1 heterocycles. The number of benzene rings is 1. The third-order valence-corrected chi connectivity index (χ3v) is 3.26. The summed E-state index contributed by atoms with van der Waals surface area (Å²) in [5.41, 5.74) is 8.21. The molecule has 0 saturated heterocycles. The lowest BCUT2D eigenvalue weighted by Crippen LogP contribution is -2.33. The van der Waals surface area contributed by atoms with Crippen LogP contribution in [0.2, 0.25) is 0 Å². The molecule has 1 aromatic heterocycles. The molecule has 0 radical (unpaired) electrons. The molecule has 2 aromatic rings. The quantitative estimate of drug-likeness (QED) is 0.462. The van der Waals surface area contributed by atoms with Gasteiger partial charge in [0.2, 0.25) is 0 Å². The molecule has 5 nitrogen and oxygen atoms in total. The summed E-state index contributed by atoms with van der Waals surface area (Å²) in [5.74, 6) is 0.546. The summed E-state index contributed by atoms with van der Waals surface area (Å²) in [6.07, 6.45) is 6.16. The molecule has 1 fully saturated rings. The first kappa shape index (κ1) is 15.8. The molecule has 1 saturated carbocycles. The highest BCUT2D eigenvalue weighted by Gasteiger charge is 2.21. The van der Waals surface area contributed by atoms with Gasteiger partial charge in [0.1, 0.15) is 0 Å². The second-order valence-corrected chi connectivity index (χ2v) is 5.14. The Morgan fingerprint density at radius 1 is 1.33 bits per heavy atom. The highest BCUT2D eigenvalue weighted by atomic mass is 127. The Balaban J connectivity index is 0.00000161. The van der Waals surface area contributed by atoms with Crippen molar-refractivity contribution in [1.82, 2.24) is 15.1 Å². The summed E-state index contributed by atoms with van der Waals surface area (Å²) in [5, 5.41) is 7.40. The minimum absolute atomic E-state index is 0. The number of hydrogen-bond donors (Lipinski definition) is 2. The van der Waals surface area contributed by atoms with Crippen LogP contribution in [0.5, 0.6) is 0 Å². The number of nitrogens with one attached hydrogen (secondary N) is 1. The molecule has 1 aromatic carbocycles. The monoisotopic (exact) mass is 397 g/mol. The summed E-state index contributed by atoms with van der Waals surface area (Å²) in [6, 6.07) is 10.8. The Kier molecular flexibility index (Phi) is 5.60. The Hall–Kier alpha value is -1.57. The number of nitrogens with zero attached hydrogens (tertiary/aromatic N) is 3. The summed E-state index contributed by atoms with van der Waals surface area (Å²) in [7, 11) is 0. The maximum Gasteiger partial charge on any atom is 0.189 e. The topological polar surface area (TPSA) is 68.2 Å². The van der Waals surface area contributed by atoms with Gasteiger partial charge < -0.3 is 11.1 Å². The lowest BCUT2D eigenvalue weighted by molar-refractivity contribution is 0.686. The second kappa shape index (κ2) is 7.44. The minimum Gasteiger partial charge on any atom is -0.370 e. The van der Waals surface area contributed by atoms with E-state index in [1.54, 1.807) is 6.20 Å². The Labute approximate surface area is 141 Å². The second-order valence-electron chi connectivity index (χ2n) is 5.14. The predicted octanol–water partition coefficient (Wildman–Crippen LogP) is 2.12. The summed E-state index contributed by atoms with van der Waals surface area (Å²) >= 11 is 0. The van der Waals surface area contributed by atoms with Crippen LogP contribution < -0.4 is 11.1 Å². The molecule has 0 atom stereocenters. The summed E-state index contributed by atoms with van der Waals surface area (Å²) < 4.78 is 1.91. The number of halogens is 1. The van der Waals surface area contributed by atoms with Gasteiger partial charge >= 0.3 is 0 Å². The Morgan fingerprint density at radius 3 is 2.86 bits per heavy atom. The van der Waals surface area contributed by atoms with E-state index in [-0.39, 0.29) is 24.0 Å². The molecule has 0 unspecified atom stereocenters. The van der Waals surface area contributed by atoms with Gasteiger partial charge in [-0.15, -0.1) is 24.0 Å². The highest BCUT2D eigenvalue weighted by Crippen LogP contribution is 2.18. The molecule has 0 amide bonds. The molecule has 1 aliphatic carbocycles. The molecule has 0 bridgehead atoms. The molecule has 0 aliphatic heterocycles. The van der Waals surface area contributed by atoms with Gasteiger partial charge in [-0.05, 0) is 30.0 Å². The molecule has 0 spiro atoms. The molecule has 3 N–H and O–H groups in total. The smallest absolute Gasteiger partial charge is 0.189 e. The van der Waals surface area contributed by atoms with Crippen molar-refractivity contribution >= 4 is 29.9 Å². The fourth-order valence-electron chi connectivity index (χ4n) is 2.07. The zero-order chi connectivity index (χ0) is 13.8. The number of nitrogens with two attached hydrogens (primary N) is 1. The van der Waals surface area contributed by atoms with Crippen LogP contribution in [0, 0.1) is 0 Å². The van der Waals surface area contributed by atoms with Gasteiger partial charge in [-0.1, -0.05) is 24.3 Å². The zero-order valence-electron chi connectivity index (χ0n) is 11.8. The number of hydrogen-bond acceptors (Lipinski definition) is 2. The van der Waals surface area contributed by atoms with E-state index >= 15 is 0 Å². The SMILES string of the molecule is I.NC(=NCc1cccc(Cn2cccn2)c1)NC1CC1. The van der Waals surface area contributed by atoms with Gasteiger partial charge in [-0.2, -0.15) is 5.10 Å². The molecule has 1 aliphatic rings. The maximum absolute atomic E-state index is 5.83. The first-order valence-corrected chi connectivity index (χ1v) is 6.91. The number of aromatic nitrogens is 2. The van der Waals surface area contributed by atoms with Gasteiger partial charge in [0.05, 0.1) is 13.1 Å². The minimum atomic E-state index is 0. The fourth-order valence-corrected chi connectivity index (χ4v) is 2.07. The van der Waals surface area contributed by atoms with Crippen LogP contribution in [0.25, 0.3) is 0 Å². The van der Waals surface area contributed by atoms with E-state index in [0.717, 1.165) is 12.1 Å². The van der Waals surface area contributed by atoms with E-state index < -0.39 is 0 Å². The van der Waals surface area contributed by atoms with Gasteiger partial charge in [0, 0.05) is 18.4 Å². The summed E-state index contributed by atoms with van der Waals surface area (Å²) in [6.45, 7) is 1.39. The summed E-state index contributed by atoms with van der Waals surface area (Å²) in [4.78, 5) is 4.37. The van der Waals surface area contributed by atoms with Crippen molar-refractivity contribution in [3.05, 3.63) is 53.9 Å². The van der Waals surface area contributed by atoms with E-state index in [2.05, 4.69) is 33.6 Å². The average molecular weight is 397 g/mol.